The molecule has 0 spiro atoms. The Morgan fingerprint density at radius 2 is 1.79 bits per heavy atom. The molecule has 9 heteroatoms. The van der Waals surface area contributed by atoms with Crippen molar-refractivity contribution in [1.82, 2.24) is 4.47 Å². The lowest BCUT2D eigenvalue weighted by molar-refractivity contribution is -0.123. The summed E-state index contributed by atoms with van der Waals surface area (Å²) in [6, 6.07) is 12.5. The maximum Gasteiger partial charge on any atom is 0.338 e. The zero-order valence-electron chi connectivity index (χ0n) is 16.0. The summed E-state index contributed by atoms with van der Waals surface area (Å²) in [5.41, 5.74) is 1.56. The third kappa shape index (κ3) is 5.16. The van der Waals surface area contributed by atoms with Gasteiger partial charge >= 0.3 is 5.97 Å². The van der Waals surface area contributed by atoms with Crippen LogP contribution in [0.4, 0.5) is 5.69 Å². The molecule has 0 fully saturated rings. The number of anilines is 1. The average Bonchev–Trinajstić information content (AvgIpc) is 2.67. The minimum absolute atomic E-state index is 0.000726. The topological polar surface area (TPSA) is 102 Å². The molecule has 2 aromatic carbocycles. The van der Waals surface area contributed by atoms with Gasteiger partial charge in [-0.2, -0.15) is 0 Å². The Balaban J connectivity index is 2.10. The van der Waals surface area contributed by atoms with Gasteiger partial charge in [-0.15, -0.1) is 0 Å². The molecular formula is C19H22N2O6S. The van der Waals surface area contributed by atoms with Gasteiger partial charge in [0, 0.05) is 12.7 Å². The van der Waals surface area contributed by atoms with E-state index in [4.69, 9.17) is 9.57 Å². The van der Waals surface area contributed by atoms with Gasteiger partial charge in [0.25, 0.3) is 15.9 Å². The Bertz CT molecular complexity index is 974. The number of rotatable bonds is 7. The maximum atomic E-state index is 12.3. The van der Waals surface area contributed by atoms with Crippen molar-refractivity contribution in [3.63, 3.8) is 0 Å². The number of sulfonamides is 1. The van der Waals surface area contributed by atoms with Crippen LogP contribution in [0.3, 0.4) is 0 Å². The molecule has 28 heavy (non-hydrogen) atoms. The van der Waals surface area contributed by atoms with Gasteiger partial charge in [-0.05, 0) is 49.7 Å². The van der Waals surface area contributed by atoms with Gasteiger partial charge in [0.2, 0.25) is 0 Å². The van der Waals surface area contributed by atoms with Crippen molar-refractivity contribution >= 4 is 27.6 Å². The van der Waals surface area contributed by atoms with Crippen LogP contribution < -0.4 is 5.32 Å². The Labute approximate surface area is 164 Å². The minimum Gasteiger partial charge on any atom is -0.449 e. The fraction of sp³-hybridized carbons (Fsp3) is 0.263. The predicted molar refractivity (Wildman–Crippen MR) is 103 cm³/mol. The number of hydrogen-bond donors (Lipinski definition) is 1. The number of aryl methyl sites for hydroxylation is 1. The molecule has 1 atom stereocenters. The summed E-state index contributed by atoms with van der Waals surface area (Å²) in [6.45, 7) is 3.32. The first kappa shape index (κ1) is 21.5. The van der Waals surface area contributed by atoms with Crippen molar-refractivity contribution in [3.8, 4) is 0 Å². The second kappa shape index (κ2) is 8.96. The van der Waals surface area contributed by atoms with Crippen molar-refractivity contribution in [2.75, 3.05) is 19.5 Å². The maximum absolute atomic E-state index is 12.3. The molecule has 0 heterocycles. The third-order valence-electron chi connectivity index (χ3n) is 3.90. The molecule has 0 saturated heterocycles. The highest BCUT2D eigenvalue weighted by Gasteiger charge is 2.24. The molecular weight excluding hydrogens is 384 g/mol. The van der Waals surface area contributed by atoms with Gasteiger partial charge in [0.05, 0.1) is 17.6 Å². The van der Waals surface area contributed by atoms with Gasteiger partial charge in [-0.3, -0.25) is 9.63 Å². The number of ether oxygens (including phenoxy) is 1. The molecule has 0 aliphatic rings. The van der Waals surface area contributed by atoms with Gasteiger partial charge in [0.15, 0.2) is 6.10 Å². The molecule has 0 unspecified atom stereocenters. The van der Waals surface area contributed by atoms with E-state index in [0.717, 1.165) is 5.56 Å². The molecule has 8 nitrogen and oxygen atoms in total. The molecule has 0 bridgehead atoms. The lowest BCUT2D eigenvalue weighted by atomic mass is 10.2. The van der Waals surface area contributed by atoms with E-state index in [2.05, 4.69) is 5.32 Å². The Hall–Kier alpha value is -2.75. The first-order chi connectivity index (χ1) is 13.1. The fourth-order valence-corrected chi connectivity index (χ4v) is 3.30. The van der Waals surface area contributed by atoms with Crippen LogP contribution in [-0.2, 0) is 24.4 Å². The van der Waals surface area contributed by atoms with Gasteiger partial charge in [0.1, 0.15) is 0 Å². The fourth-order valence-electron chi connectivity index (χ4n) is 2.28. The monoisotopic (exact) mass is 406 g/mol. The summed E-state index contributed by atoms with van der Waals surface area (Å²) in [7, 11) is -1.46. The van der Waals surface area contributed by atoms with E-state index in [0.29, 0.717) is 10.2 Å². The first-order valence-electron chi connectivity index (χ1n) is 8.36. The van der Waals surface area contributed by atoms with Crippen LogP contribution in [0, 0.1) is 6.92 Å². The SMILES string of the molecule is CON(C)S(=O)(=O)c1cccc(C(=O)O[C@@H](C)C(=O)Nc2cccc(C)c2)c1. The lowest BCUT2D eigenvalue weighted by Crippen LogP contribution is -2.30. The van der Waals surface area contributed by atoms with Gasteiger partial charge in [-0.25, -0.2) is 13.2 Å². The highest BCUT2D eigenvalue weighted by molar-refractivity contribution is 7.89. The summed E-state index contributed by atoms with van der Waals surface area (Å²) in [5.74, 6) is -1.31. The molecule has 1 N–H and O–H groups in total. The van der Waals surface area contributed by atoms with Crippen LogP contribution in [-0.4, -0.2) is 45.0 Å². The number of nitrogens with one attached hydrogen (secondary N) is 1. The smallest absolute Gasteiger partial charge is 0.338 e. The first-order valence-corrected chi connectivity index (χ1v) is 9.80. The van der Waals surface area contributed by atoms with Crippen molar-refractivity contribution in [3.05, 3.63) is 59.7 Å². The molecule has 0 aliphatic carbocycles. The Kier molecular flexibility index (Phi) is 6.90. The van der Waals surface area contributed by atoms with Crippen LogP contribution in [0.15, 0.2) is 53.4 Å². The van der Waals surface area contributed by atoms with E-state index in [1.54, 1.807) is 18.2 Å². The van der Waals surface area contributed by atoms with E-state index in [1.165, 1.54) is 45.3 Å². The van der Waals surface area contributed by atoms with E-state index in [-0.39, 0.29) is 10.5 Å². The number of esters is 1. The second-order valence-electron chi connectivity index (χ2n) is 6.03. The third-order valence-corrected chi connectivity index (χ3v) is 5.58. The molecule has 1 amide bonds. The highest BCUT2D eigenvalue weighted by atomic mass is 32.2. The minimum atomic E-state index is -3.91. The quantitative estimate of drug-likeness (QED) is 0.559. The predicted octanol–water partition coefficient (Wildman–Crippen LogP) is 2.36. The largest absolute Gasteiger partial charge is 0.449 e. The van der Waals surface area contributed by atoms with Crippen LogP contribution in [0.25, 0.3) is 0 Å². The second-order valence-corrected chi connectivity index (χ2v) is 7.97. The zero-order chi connectivity index (χ0) is 20.9. The van der Waals surface area contributed by atoms with Crippen molar-refractivity contribution in [2.45, 2.75) is 24.8 Å². The normalized spacial score (nSPS) is 12.5. The molecule has 150 valence electrons. The molecule has 2 rings (SSSR count). The standard InChI is InChI=1S/C19H22N2O6S/c1-13-7-5-9-16(11-13)20-18(22)14(2)27-19(23)15-8-6-10-17(12-15)28(24,25)21(3)26-4/h5-12,14H,1-4H3,(H,20,22)/t14-/m0/s1. The lowest BCUT2D eigenvalue weighted by Gasteiger charge is -2.16. The van der Waals surface area contributed by atoms with Gasteiger partial charge < -0.3 is 10.1 Å². The summed E-state index contributed by atoms with van der Waals surface area (Å²) in [4.78, 5) is 29.2. The molecule has 0 aromatic heterocycles. The summed E-state index contributed by atoms with van der Waals surface area (Å²) in [5, 5.41) is 2.66. The van der Waals surface area contributed by atoms with Crippen molar-refractivity contribution in [1.29, 1.82) is 0 Å². The molecule has 0 saturated carbocycles. The number of amides is 1. The number of carbonyl (C=O) groups excluding carboxylic acids is 2. The summed E-state index contributed by atoms with van der Waals surface area (Å²) >= 11 is 0. The van der Waals surface area contributed by atoms with E-state index in [9.17, 15) is 18.0 Å². The zero-order valence-corrected chi connectivity index (χ0v) is 16.8. The molecule has 2 aromatic rings. The number of hydrogen-bond acceptors (Lipinski definition) is 6. The molecule has 0 aliphatic heterocycles. The number of benzene rings is 2. The van der Waals surface area contributed by atoms with Crippen LogP contribution >= 0.6 is 0 Å². The Morgan fingerprint density at radius 3 is 2.43 bits per heavy atom. The average molecular weight is 406 g/mol. The van der Waals surface area contributed by atoms with Crippen molar-refractivity contribution < 1.29 is 27.6 Å². The van der Waals surface area contributed by atoms with Crippen LogP contribution in [0.1, 0.15) is 22.8 Å². The number of hydroxylamine groups is 1. The van der Waals surface area contributed by atoms with E-state index >= 15 is 0 Å². The summed E-state index contributed by atoms with van der Waals surface area (Å²) in [6.07, 6.45) is -1.07. The van der Waals surface area contributed by atoms with Gasteiger partial charge in [-0.1, -0.05) is 22.7 Å². The van der Waals surface area contributed by atoms with Crippen molar-refractivity contribution in [2.24, 2.45) is 0 Å². The number of nitrogens with zero attached hydrogens (tertiary/aromatic N) is 1. The highest BCUT2D eigenvalue weighted by Crippen LogP contribution is 2.17. The summed E-state index contributed by atoms with van der Waals surface area (Å²) < 4.78 is 30.4. The molecule has 0 radical (unpaired) electrons. The van der Waals surface area contributed by atoms with Crippen LogP contribution in [0.5, 0.6) is 0 Å². The number of carbonyl (C=O) groups is 2. The van der Waals surface area contributed by atoms with Crippen LogP contribution in [0.2, 0.25) is 0 Å². The Morgan fingerprint density at radius 1 is 1.11 bits per heavy atom. The van der Waals surface area contributed by atoms with E-state index in [1.807, 2.05) is 13.0 Å². The van der Waals surface area contributed by atoms with E-state index < -0.39 is 28.0 Å².